The van der Waals surface area contributed by atoms with E-state index in [-0.39, 0.29) is 17.6 Å². The van der Waals surface area contributed by atoms with Gasteiger partial charge < -0.3 is 4.74 Å². The molecular weight excluding hydrogens is 248 g/mol. The van der Waals surface area contributed by atoms with Crippen LogP contribution in [0, 0.1) is 11.8 Å². The topological polar surface area (TPSA) is 26.3 Å². The van der Waals surface area contributed by atoms with Crippen LogP contribution in [0.15, 0.2) is 55.1 Å². The fourth-order valence-electron chi connectivity index (χ4n) is 2.42. The van der Waals surface area contributed by atoms with Crippen molar-refractivity contribution in [3.63, 3.8) is 0 Å². The summed E-state index contributed by atoms with van der Waals surface area (Å²) in [4.78, 5) is 12.1. The summed E-state index contributed by atoms with van der Waals surface area (Å²) < 4.78 is 5.88. The van der Waals surface area contributed by atoms with Crippen LogP contribution in [-0.4, -0.2) is 11.9 Å². The molecule has 0 aliphatic carbocycles. The Labute approximate surface area is 122 Å². The Morgan fingerprint density at radius 2 is 1.90 bits per heavy atom. The first kappa shape index (κ1) is 16.4. The second-order valence-corrected chi connectivity index (χ2v) is 5.44. The van der Waals surface area contributed by atoms with Gasteiger partial charge in [-0.2, -0.15) is 0 Å². The van der Waals surface area contributed by atoms with Crippen LogP contribution < -0.4 is 0 Å². The minimum absolute atomic E-state index is 0.00390. The van der Waals surface area contributed by atoms with Crippen molar-refractivity contribution in [3.8, 4) is 0 Å². The zero-order valence-electron chi connectivity index (χ0n) is 12.6. The maximum absolute atomic E-state index is 12.1. The van der Waals surface area contributed by atoms with Crippen LogP contribution in [0.2, 0.25) is 0 Å². The standard InChI is InChI=1S/C18H24O2/c1-6-16(19)18(17(13(2)3)14(4)5)20-12-15-10-8-7-9-11-15/h6-11,14,17-18H,1-2,12H2,3-5H3/t17-,18-/m1/s1. The van der Waals surface area contributed by atoms with Gasteiger partial charge in [-0.15, -0.1) is 0 Å². The Balaban J connectivity index is 2.86. The van der Waals surface area contributed by atoms with Gasteiger partial charge in [-0.1, -0.05) is 62.9 Å². The summed E-state index contributed by atoms with van der Waals surface area (Å²) in [7, 11) is 0. The number of rotatable bonds is 8. The number of ketones is 1. The Morgan fingerprint density at radius 3 is 2.35 bits per heavy atom. The molecule has 0 saturated heterocycles. The molecule has 2 atom stereocenters. The van der Waals surface area contributed by atoms with Gasteiger partial charge in [0.15, 0.2) is 5.78 Å². The molecular formula is C18H24O2. The molecule has 0 N–H and O–H groups in total. The molecule has 0 fully saturated rings. The third-order valence-electron chi connectivity index (χ3n) is 3.37. The monoisotopic (exact) mass is 272 g/mol. The van der Waals surface area contributed by atoms with E-state index < -0.39 is 6.10 Å². The molecule has 0 saturated carbocycles. The van der Waals surface area contributed by atoms with Crippen molar-refractivity contribution in [1.82, 2.24) is 0 Å². The van der Waals surface area contributed by atoms with Crippen molar-refractivity contribution in [1.29, 1.82) is 0 Å². The quantitative estimate of drug-likeness (QED) is 0.524. The molecule has 20 heavy (non-hydrogen) atoms. The summed E-state index contributed by atoms with van der Waals surface area (Å²) in [5, 5.41) is 0. The molecule has 0 spiro atoms. The van der Waals surface area contributed by atoms with Crippen molar-refractivity contribution in [3.05, 3.63) is 60.7 Å². The van der Waals surface area contributed by atoms with E-state index in [9.17, 15) is 4.79 Å². The minimum Gasteiger partial charge on any atom is -0.365 e. The highest BCUT2D eigenvalue weighted by molar-refractivity contribution is 5.93. The molecule has 0 aliphatic heterocycles. The molecule has 1 rings (SSSR count). The lowest BCUT2D eigenvalue weighted by Crippen LogP contribution is -2.35. The highest BCUT2D eigenvalue weighted by atomic mass is 16.5. The van der Waals surface area contributed by atoms with Gasteiger partial charge in [-0.3, -0.25) is 4.79 Å². The predicted octanol–water partition coefficient (Wildman–Crippen LogP) is 4.18. The van der Waals surface area contributed by atoms with E-state index in [2.05, 4.69) is 27.0 Å². The second-order valence-electron chi connectivity index (χ2n) is 5.44. The summed E-state index contributed by atoms with van der Waals surface area (Å²) >= 11 is 0. The van der Waals surface area contributed by atoms with E-state index in [0.717, 1.165) is 11.1 Å². The summed E-state index contributed by atoms with van der Waals surface area (Å²) in [6.45, 7) is 14.1. The average Bonchev–Trinajstić information content (AvgIpc) is 2.42. The van der Waals surface area contributed by atoms with Crippen LogP contribution in [0.25, 0.3) is 0 Å². The normalized spacial score (nSPS) is 13.8. The summed E-state index contributed by atoms with van der Waals surface area (Å²) in [5.74, 6) is 0.212. The highest BCUT2D eigenvalue weighted by Crippen LogP contribution is 2.26. The van der Waals surface area contributed by atoms with Crippen LogP contribution in [-0.2, 0) is 16.1 Å². The van der Waals surface area contributed by atoms with E-state index in [0.29, 0.717) is 6.61 Å². The molecule has 0 bridgehead atoms. The van der Waals surface area contributed by atoms with Crippen LogP contribution >= 0.6 is 0 Å². The number of hydrogen-bond donors (Lipinski definition) is 0. The molecule has 2 nitrogen and oxygen atoms in total. The van der Waals surface area contributed by atoms with Gasteiger partial charge in [0.2, 0.25) is 0 Å². The van der Waals surface area contributed by atoms with Crippen molar-refractivity contribution in [2.75, 3.05) is 0 Å². The number of carbonyl (C=O) groups is 1. The van der Waals surface area contributed by atoms with E-state index in [1.165, 1.54) is 6.08 Å². The van der Waals surface area contributed by atoms with E-state index in [4.69, 9.17) is 4.74 Å². The summed E-state index contributed by atoms with van der Waals surface area (Å²) in [6.07, 6.45) is 0.832. The third kappa shape index (κ3) is 4.46. The maximum Gasteiger partial charge on any atom is 0.184 e. The molecule has 108 valence electrons. The molecule has 2 heteroatoms. The SMILES string of the molecule is C=CC(=O)[C@@H](OCc1ccccc1)[C@H](C(=C)C)C(C)C. The van der Waals surface area contributed by atoms with Crippen molar-refractivity contribution in [2.45, 2.75) is 33.5 Å². The lowest BCUT2D eigenvalue weighted by molar-refractivity contribution is -0.130. The molecule has 1 aromatic rings. The number of ether oxygens (including phenoxy) is 1. The van der Waals surface area contributed by atoms with Crippen molar-refractivity contribution in [2.24, 2.45) is 11.8 Å². The summed E-state index contributed by atoms with van der Waals surface area (Å²) in [6, 6.07) is 9.85. The van der Waals surface area contributed by atoms with Gasteiger partial charge in [0, 0.05) is 5.92 Å². The number of hydrogen-bond acceptors (Lipinski definition) is 2. The molecule has 0 aromatic heterocycles. The second kappa shape index (κ2) is 7.81. The first-order chi connectivity index (χ1) is 9.47. The largest absolute Gasteiger partial charge is 0.365 e. The Kier molecular flexibility index (Phi) is 6.40. The van der Waals surface area contributed by atoms with Crippen LogP contribution in [0.1, 0.15) is 26.3 Å². The van der Waals surface area contributed by atoms with Gasteiger partial charge in [0.05, 0.1) is 6.61 Å². The lowest BCUT2D eigenvalue weighted by atomic mass is 9.83. The zero-order valence-corrected chi connectivity index (χ0v) is 12.6. The van der Waals surface area contributed by atoms with Gasteiger partial charge in [0.25, 0.3) is 0 Å². The molecule has 0 heterocycles. The minimum atomic E-state index is -0.509. The number of carbonyl (C=O) groups excluding carboxylic acids is 1. The predicted molar refractivity (Wildman–Crippen MR) is 83.4 cm³/mol. The Morgan fingerprint density at radius 1 is 1.30 bits per heavy atom. The van der Waals surface area contributed by atoms with Crippen LogP contribution in [0.3, 0.4) is 0 Å². The zero-order chi connectivity index (χ0) is 15.1. The molecule has 0 radical (unpaired) electrons. The lowest BCUT2D eigenvalue weighted by Gasteiger charge is -2.29. The fraction of sp³-hybridized carbons (Fsp3) is 0.389. The number of benzene rings is 1. The Bertz CT molecular complexity index is 460. The molecule has 1 aromatic carbocycles. The smallest absolute Gasteiger partial charge is 0.184 e. The first-order valence-corrected chi connectivity index (χ1v) is 6.94. The van der Waals surface area contributed by atoms with Crippen molar-refractivity contribution < 1.29 is 9.53 Å². The van der Waals surface area contributed by atoms with Gasteiger partial charge in [0.1, 0.15) is 6.10 Å². The van der Waals surface area contributed by atoms with E-state index >= 15 is 0 Å². The third-order valence-corrected chi connectivity index (χ3v) is 3.37. The maximum atomic E-state index is 12.1. The first-order valence-electron chi connectivity index (χ1n) is 6.94. The van der Waals surface area contributed by atoms with Gasteiger partial charge >= 0.3 is 0 Å². The summed E-state index contributed by atoms with van der Waals surface area (Å²) in [5.41, 5.74) is 2.02. The van der Waals surface area contributed by atoms with E-state index in [1.54, 1.807) is 0 Å². The average molecular weight is 272 g/mol. The van der Waals surface area contributed by atoms with Gasteiger partial charge in [-0.05, 0) is 24.5 Å². The highest BCUT2D eigenvalue weighted by Gasteiger charge is 2.30. The molecule has 0 aliphatic rings. The molecule has 0 amide bonds. The molecule has 0 unspecified atom stereocenters. The van der Waals surface area contributed by atoms with Crippen LogP contribution in [0.5, 0.6) is 0 Å². The fourth-order valence-corrected chi connectivity index (χ4v) is 2.42. The van der Waals surface area contributed by atoms with E-state index in [1.807, 2.05) is 37.3 Å². The van der Waals surface area contributed by atoms with Crippen molar-refractivity contribution >= 4 is 5.78 Å². The Hall–Kier alpha value is -1.67. The van der Waals surface area contributed by atoms with Crippen LogP contribution in [0.4, 0.5) is 0 Å². The van der Waals surface area contributed by atoms with Gasteiger partial charge in [-0.25, -0.2) is 0 Å².